The first-order chi connectivity index (χ1) is 19.9. The summed E-state index contributed by atoms with van der Waals surface area (Å²) < 4.78 is 11.1. The number of cyclic esters (lactones) is 1. The molecule has 0 fully saturated rings. The lowest BCUT2D eigenvalue weighted by Gasteiger charge is -2.23. The van der Waals surface area contributed by atoms with Gasteiger partial charge in [-0.05, 0) is 50.2 Å². The van der Waals surface area contributed by atoms with E-state index in [4.69, 9.17) is 9.47 Å². The van der Waals surface area contributed by atoms with E-state index in [2.05, 4.69) is 10.6 Å². The van der Waals surface area contributed by atoms with E-state index in [-0.39, 0.29) is 38.6 Å². The molecule has 3 N–H and O–H groups in total. The van der Waals surface area contributed by atoms with Gasteiger partial charge in [0.05, 0.1) is 18.4 Å². The van der Waals surface area contributed by atoms with E-state index in [0.29, 0.717) is 19.3 Å². The number of amides is 2. The third-order valence-corrected chi connectivity index (χ3v) is 6.87. The summed E-state index contributed by atoms with van der Waals surface area (Å²) in [4.78, 5) is 52.1. The first-order valence-corrected chi connectivity index (χ1v) is 14.1. The van der Waals surface area contributed by atoms with Crippen molar-refractivity contribution in [2.45, 2.75) is 64.1 Å². The van der Waals surface area contributed by atoms with Gasteiger partial charge in [-0.3, -0.25) is 14.4 Å². The van der Waals surface area contributed by atoms with Crippen molar-refractivity contribution in [2.75, 3.05) is 13.2 Å². The minimum atomic E-state index is -1.25. The number of hydrogen-bond acceptors (Lipinski definition) is 7. The summed E-state index contributed by atoms with van der Waals surface area (Å²) in [5.74, 6) is -3.29. The number of aliphatic hydroxyl groups is 1. The monoisotopic (exact) mass is 564 g/mol. The van der Waals surface area contributed by atoms with Crippen molar-refractivity contribution >= 4 is 23.8 Å². The Hall–Kier alpha value is -3.98. The summed E-state index contributed by atoms with van der Waals surface area (Å²) in [6.07, 6.45) is 6.48. The van der Waals surface area contributed by atoms with E-state index >= 15 is 0 Å². The fraction of sp³-hybridized carbons (Fsp3) is 0.438. The van der Waals surface area contributed by atoms with Crippen LogP contribution in [0.5, 0.6) is 0 Å². The number of carbonyl (C=O) groups excluding carboxylic acids is 4. The third kappa shape index (κ3) is 11.2. The fourth-order valence-electron chi connectivity index (χ4n) is 4.52. The lowest BCUT2D eigenvalue weighted by atomic mass is 9.93. The minimum absolute atomic E-state index is 0.00968. The van der Waals surface area contributed by atoms with Gasteiger partial charge in [0, 0.05) is 12.5 Å². The van der Waals surface area contributed by atoms with Crippen LogP contribution in [0.15, 0.2) is 72.8 Å². The van der Waals surface area contributed by atoms with E-state index in [1.807, 2.05) is 72.8 Å². The zero-order valence-electron chi connectivity index (χ0n) is 23.5. The highest BCUT2D eigenvalue weighted by Gasteiger charge is 2.30. The van der Waals surface area contributed by atoms with Crippen molar-refractivity contribution in [1.29, 1.82) is 0 Å². The number of aliphatic hydroxyl groups excluding tert-OH is 1. The predicted molar refractivity (Wildman–Crippen MR) is 153 cm³/mol. The van der Waals surface area contributed by atoms with Crippen LogP contribution >= 0.6 is 0 Å². The molecule has 0 bridgehead atoms. The average molecular weight is 565 g/mol. The predicted octanol–water partition coefficient (Wildman–Crippen LogP) is 3.25. The van der Waals surface area contributed by atoms with Crippen LogP contribution in [0.4, 0.5) is 0 Å². The van der Waals surface area contributed by atoms with Gasteiger partial charge in [-0.15, -0.1) is 0 Å². The Kier molecular flexibility index (Phi) is 13.1. The van der Waals surface area contributed by atoms with Crippen LogP contribution < -0.4 is 10.6 Å². The van der Waals surface area contributed by atoms with Crippen molar-refractivity contribution in [1.82, 2.24) is 10.6 Å². The summed E-state index contributed by atoms with van der Waals surface area (Å²) in [5.41, 5.74) is 1.78. The maximum atomic E-state index is 13.3. The topological polar surface area (TPSA) is 131 Å². The minimum Gasteiger partial charge on any atom is -0.463 e. The van der Waals surface area contributed by atoms with Crippen molar-refractivity contribution in [3.05, 3.63) is 83.9 Å². The third-order valence-electron chi connectivity index (χ3n) is 6.87. The first kappa shape index (κ1) is 31.5. The van der Waals surface area contributed by atoms with Crippen LogP contribution in [-0.2, 0) is 41.7 Å². The molecule has 1 aliphatic rings. The Balaban J connectivity index is 1.77. The van der Waals surface area contributed by atoms with Crippen molar-refractivity contribution in [2.24, 2.45) is 11.8 Å². The molecular weight excluding hydrogens is 524 g/mol. The highest BCUT2D eigenvalue weighted by Crippen LogP contribution is 2.19. The van der Waals surface area contributed by atoms with Gasteiger partial charge in [0.15, 0.2) is 6.04 Å². The molecule has 4 atom stereocenters. The molecule has 4 unspecified atom stereocenters. The second kappa shape index (κ2) is 17.0. The van der Waals surface area contributed by atoms with E-state index in [1.54, 1.807) is 6.92 Å². The SMILES string of the molecule is CC(CO)NC(=O)CC1CC=CCCCC(Cc2ccccc2)C(=O)OCC(C(=O)OCc2ccccc2)NC1=O. The molecule has 0 aliphatic carbocycles. The molecule has 3 rings (SSSR count). The van der Waals surface area contributed by atoms with E-state index < -0.39 is 41.8 Å². The summed E-state index contributed by atoms with van der Waals surface area (Å²) >= 11 is 0. The second-order valence-electron chi connectivity index (χ2n) is 10.4. The molecule has 41 heavy (non-hydrogen) atoms. The van der Waals surface area contributed by atoms with Crippen molar-refractivity contribution in [3.63, 3.8) is 0 Å². The zero-order chi connectivity index (χ0) is 29.5. The zero-order valence-corrected chi connectivity index (χ0v) is 23.5. The van der Waals surface area contributed by atoms with Crippen LogP contribution in [0.25, 0.3) is 0 Å². The van der Waals surface area contributed by atoms with Gasteiger partial charge in [0.25, 0.3) is 0 Å². The molecule has 0 radical (unpaired) electrons. The smallest absolute Gasteiger partial charge is 0.332 e. The lowest BCUT2D eigenvalue weighted by molar-refractivity contribution is -0.157. The fourth-order valence-corrected chi connectivity index (χ4v) is 4.52. The first-order valence-electron chi connectivity index (χ1n) is 14.1. The van der Waals surface area contributed by atoms with Gasteiger partial charge in [0.1, 0.15) is 13.2 Å². The Morgan fingerprint density at radius 3 is 2.39 bits per heavy atom. The van der Waals surface area contributed by atoms with Gasteiger partial charge in [-0.2, -0.15) is 0 Å². The summed E-state index contributed by atoms with van der Waals surface area (Å²) in [5, 5.41) is 14.6. The van der Waals surface area contributed by atoms with Crippen LogP contribution in [0.3, 0.4) is 0 Å². The Morgan fingerprint density at radius 2 is 1.71 bits per heavy atom. The molecule has 9 nitrogen and oxygen atoms in total. The van der Waals surface area contributed by atoms with Crippen LogP contribution in [-0.4, -0.2) is 54.2 Å². The van der Waals surface area contributed by atoms with Gasteiger partial charge >= 0.3 is 11.9 Å². The number of esters is 2. The molecule has 1 aliphatic heterocycles. The van der Waals surface area contributed by atoms with Gasteiger partial charge < -0.3 is 25.2 Å². The summed E-state index contributed by atoms with van der Waals surface area (Å²) in [6, 6.07) is 17.1. The molecular formula is C32H40N2O7. The highest BCUT2D eigenvalue weighted by molar-refractivity contribution is 5.89. The van der Waals surface area contributed by atoms with Crippen LogP contribution in [0.2, 0.25) is 0 Å². The molecule has 0 aromatic heterocycles. The van der Waals surface area contributed by atoms with Gasteiger partial charge in [-0.1, -0.05) is 72.8 Å². The standard InChI is InChI=1S/C32H40N2O7/c1-23(20-35)33-29(36)19-26-16-10-2-3-11-17-27(18-24-12-6-4-7-13-24)31(38)41-22-28(34-30(26)37)32(39)40-21-25-14-8-5-9-15-25/h2,4-10,12-15,23,26-28,35H,3,11,16-22H2,1H3,(H,33,36)(H,34,37). The van der Waals surface area contributed by atoms with Crippen LogP contribution in [0, 0.1) is 11.8 Å². The number of nitrogens with one attached hydrogen (secondary N) is 2. The Labute approximate surface area is 241 Å². The summed E-state index contributed by atoms with van der Waals surface area (Å²) in [7, 11) is 0. The molecule has 0 spiro atoms. The second-order valence-corrected chi connectivity index (χ2v) is 10.4. The van der Waals surface area contributed by atoms with Crippen LogP contribution in [0.1, 0.15) is 50.2 Å². The number of benzene rings is 2. The number of allylic oxidation sites excluding steroid dienone is 2. The summed E-state index contributed by atoms with van der Waals surface area (Å²) in [6.45, 7) is 1.03. The number of carbonyl (C=O) groups is 4. The molecule has 2 aromatic rings. The Morgan fingerprint density at radius 1 is 1.02 bits per heavy atom. The average Bonchev–Trinajstić information content (AvgIpc) is 2.98. The molecule has 0 saturated heterocycles. The number of ether oxygens (including phenoxy) is 2. The highest BCUT2D eigenvalue weighted by atomic mass is 16.6. The molecule has 9 heteroatoms. The van der Waals surface area contributed by atoms with Gasteiger partial charge in [0.2, 0.25) is 11.8 Å². The molecule has 1 heterocycles. The molecule has 0 saturated carbocycles. The van der Waals surface area contributed by atoms with Crippen molar-refractivity contribution in [3.8, 4) is 0 Å². The Bertz CT molecular complexity index is 1150. The van der Waals surface area contributed by atoms with E-state index in [1.165, 1.54) is 0 Å². The molecule has 220 valence electrons. The number of rotatable bonds is 9. The quantitative estimate of drug-likeness (QED) is 0.315. The maximum Gasteiger partial charge on any atom is 0.332 e. The van der Waals surface area contributed by atoms with Gasteiger partial charge in [-0.25, -0.2) is 4.79 Å². The van der Waals surface area contributed by atoms with E-state index in [0.717, 1.165) is 17.5 Å². The lowest BCUT2D eigenvalue weighted by Crippen LogP contribution is -2.48. The van der Waals surface area contributed by atoms with Crippen molar-refractivity contribution < 1.29 is 33.8 Å². The molecule has 2 aromatic carbocycles. The largest absolute Gasteiger partial charge is 0.463 e. The normalized spacial score (nSPS) is 21.1. The molecule has 2 amide bonds. The maximum absolute atomic E-state index is 13.3. The number of hydrogen-bond donors (Lipinski definition) is 3. The van der Waals surface area contributed by atoms with E-state index in [9.17, 15) is 24.3 Å².